The van der Waals surface area contributed by atoms with Crippen LogP contribution in [-0.2, 0) is 20.0 Å². The molecule has 0 unspecified atom stereocenters. The van der Waals surface area contributed by atoms with E-state index in [0.717, 1.165) is 13.1 Å². The van der Waals surface area contributed by atoms with E-state index in [1.54, 1.807) is 19.1 Å². The van der Waals surface area contributed by atoms with Crippen LogP contribution < -0.4 is 20.1 Å². The van der Waals surface area contributed by atoms with Crippen molar-refractivity contribution in [2.75, 3.05) is 50.0 Å². The van der Waals surface area contributed by atoms with Gasteiger partial charge < -0.3 is 15.1 Å². The van der Waals surface area contributed by atoms with Gasteiger partial charge in [0.25, 0.3) is 5.91 Å². The SMILES string of the molecule is CCNS(=O)(=O)c1cc(C(=O)Nc2ccc(S(N)(=O)=O)cc2)ccc1N1CCN(C)CC1. The zero-order valence-corrected chi connectivity index (χ0v) is 19.5. The monoisotopic (exact) mass is 481 g/mol. The number of carbonyl (C=O) groups is 1. The number of primary sulfonamides is 1. The van der Waals surface area contributed by atoms with E-state index in [-0.39, 0.29) is 21.9 Å². The topological polar surface area (TPSA) is 142 Å². The number of piperazine rings is 1. The van der Waals surface area contributed by atoms with Crippen molar-refractivity contribution in [2.24, 2.45) is 5.14 Å². The molecule has 0 radical (unpaired) electrons. The minimum absolute atomic E-state index is 0.0427. The van der Waals surface area contributed by atoms with Gasteiger partial charge in [-0.15, -0.1) is 0 Å². The molecule has 1 fully saturated rings. The molecule has 2 aromatic rings. The first-order chi connectivity index (χ1) is 15.0. The van der Waals surface area contributed by atoms with E-state index in [1.165, 1.54) is 30.3 Å². The van der Waals surface area contributed by atoms with E-state index in [1.807, 2.05) is 11.9 Å². The molecule has 1 aliphatic rings. The first-order valence-corrected chi connectivity index (χ1v) is 13.1. The molecule has 10 nitrogen and oxygen atoms in total. The van der Waals surface area contributed by atoms with Gasteiger partial charge in [-0.1, -0.05) is 6.92 Å². The van der Waals surface area contributed by atoms with E-state index in [9.17, 15) is 21.6 Å². The lowest BCUT2D eigenvalue weighted by Gasteiger charge is -2.35. The van der Waals surface area contributed by atoms with Crippen LogP contribution in [0.25, 0.3) is 0 Å². The summed E-state index contributed by atoms with van der Waals surface area (Å²) in [7, 11) is -5.65. The summed E-state index contributed by atoms with van der Waals surface area (Å²) in [6, 6.07) is 9.96. The van der Waals surface area contributed by atoms with Crippen molar-refractivity contribution in [3.63, 3.8) is 0 Å². The van der Waals surface area contributed by atoms with Crippen molar-refractivity contribution in [3.05, 3.63) is 48.0 Å². The molecule has 1 saturated heterocycles. The highest BCUT2D eigenvalue weighted by Gasteiger charge is 2.25. The van der Waals surface area contributed by atoms with E-state index in [2.05, 4.69) is 14.9 Å². The molecule has 0 aromatic heterocycles. The van der Waals surface area contributed by atoms with Gasteiger partial charge >= 0.3 is 0 Å². The highest BCUT2D eigenvalue weighted by Crippen LogP contribution is 2.28. The number of amides is 1. The summed E-state index contributed by atoms with van der Waals surface area (Å²) in [6.45, 7) is 4.86. The molecule has 174 valence electrons. The van der Waals surface area contributed by atoms with Crippen LogP contribution in [0.4, 0.5) is 11.4 Å². The van der Waals surface area contributed by atoms with Crippen molar-refractivity contribution in [1.82, 2.24) is 9.62 Å². The van der Waals surface area contributed by atoms with E-state index in [0.29, 0.717) is 24.5 Å². The number of hydrogen-bond donors (Lipinski definition) is 3. The van der Waals surface area contributed by atoms with Gasteiger partial charge in [-0.3, -0.25) is 4.79 Å². The quantitative estimate of drug-likeness (QED) is 0.527. The molecule has 1 amide bonds. The molecular weight excluding hydrogens is 454 g/mol. The fraction of sp³-hybridized carbons (Fsp3) is 0.350. The molecule has 12 heteroatoms. The molecule has 0 bridgehead atoms. The molecule has 4 N–H and O–H groups in total. The highest BCUT2D eigenvalue weighted by atomic mass is 32.2. The number of hydrogen-bond acceptors (Lipinski definition) is 7. The average Bonchev–Trinajstić information content (AvgIpc) is 2.73. The van der Waals surface area contributed by atoms with Crippen LogP contribution in [0, 0.1) is 0 Å². The Hall–Kier alpha value is -2.51. The summed E-state index contributed by atoms with van der Waals surface area (Å²) in [5.41, 5.74) is 1.06. The molecule has 0 saturated carbocycles. The number of rotatable bonds is 7. The van der Waals surface area contributed by atoms with Crippen molar-refractivity contribution in [1.29, 1.82) is 0 Å². The Morgan fingerprint density at radius 1 is 1.00 bits per heavy atom. The fourth-order valence-electron chi connectivity index (χ4n) is 3.38. The van der Waals surface area contributed by atoms with Crippen LogP contribution >= 0.6 is 0 Å². The molecule has 0 aliphatic carbocycles. The van der Waals surface area contributed by atoms with Crippen LogP contribution in [0.2, 0.25) is 0 Å². The zero-order chi connectivity index (χ0) is 23.5. The number of nitrogens with zero attached hydrogens (tertiary/aromatic N) is 2. The van der Waals surface area contributed by atoms with Gasteiger partial charge in [0.15, 0.2) is 0 Å². The molecule has 32 heavy (non-hydrogen) atoms. The lowest BCUT2D eigenvalue weighted by atomic mass is 10.1. The van der Waals surface area contributed by atoms with Crippen molar-refractivity contribution < 1.29 is 21.6 Å². The van der Waals surface area contributed by atoms with Gasteiger partial charge in [-0.2, -0.15) is 0 Å². The van der Waals surface area contributed by atoms with Gasteiger partial charge in [0.05, 0.1) is 10.6 Å². The maximum absolute atomic E-state index is 12.9. The van der Waals surface area contributed by atoms with Gasteiger partial charge in [0.2, 0.25) is 20.0 Å². The summed E-state index contributed by atoms with van der Waals surface area (Å²) < 4.78 is 51.0. The maximum atomic E-state index is 12.9. The van der Waals surface area contributed by atoms with Gasteiger partial charge in [0, 0.05) is 44.0 Å². The predicted octanol–water partition coefficient (Wildman–Crippen LogP) is 0.636. The Kier molecular flexibility index (Phi) is 7.20. The maximum Gasteiger partial charge on any atom is 0.255 e. The number of nitrogens with two attached hydrogens (primary N) is 1. The average molecular weight is 482 g/mol. The van der Waals surface area contributed by atoms with Gasteiger partial charge in [-0.25, -0.2) is 26.7 Å². The van der Waals surface area contributed by atoms with E-state index < -0.39 is 26.0 Å². The standard InChI is InChI=1S/C20H27N5O5S2/c1-3-22-32(29,30)19-14-15(4-9-18(19)25-12-10-24(2)11-13-25)20(26)23-16-5-7-17(8-6-16)31(21,27)28/h4-9,14,22H,3,10-13H2,1-2H3,(H,23,26)(H2,21,27,28). The Bertz CT molecular complexity index is 1190. The third-order valence-corrected chi connectivity index (χ3v) is 7.63. The van der Waals surface area contributed by atoms with Gasteiger partial charge in [-0.05, 0) is 49.5 Å². The van der Waals surface area contributed by atoms with Crippen molar-refractivity contribution >= 4 is 37.3 Å². The summed E-state index contributed by atoms with van der Waals surface area (Å²) in [5.74, 6) is -0.522. The summed E-state index contributed by atoms with van der Waals surface area (Å²) in [6.07, 6.45) is 0. The first-order valence-electron chi connectivity index (χ1n) is 10.0. The molecule has 3 rings (SSSR count). The zero-order valence-electron chi connectivity index (χ0n) is 17.9. The third kappa shape index (κ3) is 5.64. The molecule has 0 spiro atoms. The minimum Gasteiger partial charge on any atom is -0.368 e. The Labute approximate surface area is 188 Å². The Balaban J connectivity index is 1.90. The molecule has 2 aromatic carbocycles. The number of nitrogens with one attached hydrogen (secondary N) is 2. The molecule has 1 heterocycles. The number of likely N-dealkylation sites (N-methyl/N-ethyl adjacent to an activating group) is 1. The predicted molar refractivity (Wildman–Crippen MR) is 123 cm³/mol. The van der Waals surface area contributed by atoms with Crippen molar-refractivity contribution in [3.8, 4) is 0 Å². The second-order valence-corrected chi connectivity index (χ2v) is 10.8. The van der Waals surface area contributed by atoms with Crippen molar-refractivity contribution in [2.45, 2.75) is 16.7 Å². The van der Waals surface area contributed by atoms with E-state index >= 15 is 0 Å². The largest absolute Gasteiger partial charge is 0.368 e. The minimum atomic E-state index is -3.84. The molecular formula is C20H27N5O5S2. The number of carbonyl (C=O) groups excluding carboxylic acids is 1. The lowest BCUT2D eigenvalue weighted by Crippen LogP contribution is -2.45. The Morgan fingerprint density at radius 3 is 2.19 bits per heavy atom. The summed E-state index contributed by atoms with van der Waals surface area (Å²) in [4.78, 5) is 16.9. The van der Waals surface area contributed by atoms with Crippen LogP contribution in [0.1, 0.15) is 17.3 Å². The summed E-state index contributed by atoms with van der Waals surface area (Å²) in [5, 5.41) is 7.72. The van der Waals surface area contributed by atoms with Crippen LogP contribution in [0.15, 0.2) is 52.3 Å². The molecule has 0 atom stereocenters. The number of anilines is 2. The highest BCUT2D eigenvalue weighted by molar-refractivity contribution is 7.89. The number of sulfonamides is 2. The van der Waals surface area contributed by atoms with Crippen LogP contribution in [0.3, 0.4) is 0 Å². The number of benzene rings is 2. The second-order valence-electron chi connectivity index (χ2n) is 7.50. The fourth-order valence-corrected chi connectivity index (χ4v) is 5.18. The lowest BCUT2D eigenvalue weighted by molar-refractivity contribution is 0.102. The van der Waals surface area contributed by atoms with E-state index in [4.69, 9.17) is 5.14 Å². The van der Waals surface area contributed by atoms with Gasteiger partial charge in [0.1, 0.15) is 4.90 Å². The third-order valence-electron chi connectivity index (χ3n) is 5.13. The smallest absolute Gasteiger partial charge is 0.255 e. The van der Waals surface area contributed by atoms with Crippen LogP contribution in [0.5, 0.6) is 0 Å². The summed E-state index contributed by atoms with van der Waals surface area (Å²) >= 11 is 0. The molecule has 1 aliphatic heterocycles. The first kappa shape index (κ1) is 24.1. The normalized spacial score (nSPS) is 15.5. The van der Waals surface area contributed by atoms with Crippen LogP contribution in [-0.4, -0.2) is 67.4 Å². The Morgan fingerprint density at radius 2 is 1.62 bits per heavy atom. The second kappa shape index (κ2) is 9.55.